The lowest BCUT2D eigenvalue weighted by Gasteiger charge is -2.14. The van der Waals surface area contributed by atoms with Crippen LogP contribution in [0.3, 0.4) is 0 Å². The number of aromatic nitrogens is 2. The first-order chi connectivity index (χ1) is 9.65. The lowest BCUT2D eigenvalue weighted by molar-refractivity contribution is 0.220. The molecule has 0 spiro atoms. The van der Waals surface area contributed by atoms with E-state index in [0.29, 0.717) is 11.1 Å². The van der Waals surface area contributed by atoms with E-state index in [1.165, 1.54) is 12.3 Å². The molecule has 0 saturated heterocycles. The number of nitrogens with zero attached hydrogens (tertiary/aromatic N) is 2. The summed E-state index contributed by atoms with van der Waals surface area (Å²) in [5, 5.41) is 11.4. The van der Waals surface area contributed by atoms with Crippen LogP contribution in [0.15, 0.2) is 48.8 Å². The van der Waals surface area contributed by atoms with Crippen molar-refractivity contribution in [3.8, 4) is 0 Å². The van der Waals surface area contributed by atoms with Gasteiger partial charge in [0.1, 0.15) is 11.9 Å². The molecule has 1 unspecified atom stereocenters. The van der Waals surface area contributed by atoms with E-state index in [0.717, 1.165) is 22.8 Å². The highest BCUT2D eigenvalue weighted by Gasteiger charge is 2.15. The summed E-state index contributed by atoms with van der Waals surface area (Å²) in [5.74, 6) is -0.461. The molecule has 3 aromatic rings. The van der Waals surface area contributed by atoms with E-state index >= 15 is 0 Å². The molecule has 0 fully saturated rings. The number of pyridine rings is 2. The second-order valence-corrected chi connectivity index (χ2v) is 4.71. The quantitative estimate of drug-likeness (QED) is 0.776. The largest absolute Gasteiger partial charge is 0.384 e. The third-order valence-corrected chi connectivity index (χ3v) is 3.21. The Hall–Kier alpha value is -2.33. The molecule has 1 N–H and O–H groups in total. The van der Waals surface area contributed by atoms with Crippen LogP contribution in [0.4, 0.5) is 4.39 Å². The first-order valence-electron chi connectivity index (χ1n) is 6.30. The van der Waals surface area contributed by atoms with Gasteiger partial charge in [0.05, 0.1) is 11.7 Å². The average Bonchev–Trinajstić information content (AvgIpc) is 2.45. The van der Waals surface area contributed by atoms with Crippen molar-refractivity contribution in [1.29, 1.82) is 0 Å². The molecule has 3 nitrogen and oxygen atoms in total. The second kappa shape index (κ2) is 4.98. The Kier molecular flexibility index (Phi) is 3.16. The van der Waals surface area contributed by atoms with Crippen LogP contribution < -0.4 is 0 Å². The molecule has 0 bridgehead atoms. The number of para-hydroxylation sites is 1. The van der Waals surface area contributed by atoms with Crippen molar-refractivity contribution in [2.45, 2.75) is 13.0 Å². The molecule has 4 heteroatoms. The monoisotopic (exact) mass is 268 g/mol. The van der Waals surface area contributed by atoms with Crippen LogP contribution in [0.2, 0.25) is 0 Å². The first kappa shape index (κ1) is 12.7. The number of rotatable bonds is 2. The summed E-state index contributed by atoms with van der Waals surface area (Å²) in [6.07, 6.45) is 1.66. The highest BCUT2D eigenvalue weighted by molar-refractivity contribution is 5.83. The molecule has 0 amide bonds. The number of hydrogen-bond donors (Lipinski definition) is 1. The van der Waals surface area contributed by atoms with Crippen molar-refractivity contribution in [3.05, 3.63) is 71.4 Å². The summed E-state index contributed by atoms with van der Waals surface area (Å²) in [4.78, 5) is 8.21. The van der Waals surface area contributed by atoms with Gasteiger partial charge in [-0.3, -0.25) is 9.97 Å². The predicted molar refractivity (Wildman–Crippen MR) is 74.7 cm³/mol. The highest BCUT2D eigenvalue weighted by atomic mass is 19.1. The van der Waals surface area contributed by atoms with Gasteiger partial charge in [0.2, 0.25) is 0 Å². The van der Waals surface area contributed by atoms with Crippen LogP contribution in [0, 0.1) is 12.7 Å². The summed E-state index contributed by atoms with van der Waals surface area (Å²) in [6, 6.07) is 10.7. The van der Waals surface area contributed by atoms with Gasteiger partial charge in [0.15, 0.2) is 0 Å². The minimum atomic E-state index is -0.926. The summed E-state index contributed by atoms with van der Waals surface area (Å²) >= 11 is 0. The van der Waals surface area contributed by atoms with Crippen LogP contribution in [0.1, 0.15) is 22.9 Å². The Balaban J connectivity index is 2.18. The third kappa shape index (κ3) is 2.26. The van der Waals surface area contributed by atoms with Crippen molar-refractivity contribution >= 4 is 10.9 Å². The van der Waals surface area contributed by atoms with Crippen LogP contribution in [-0.4, -0.2) is 15.1 Å². The van der Waals surface area contributed by atoms with Crippen LogP contribution in [0.25, 0.3) is 10.9 Å². The van der Waals surface area contributed by atoms with Gasteiger partial charge in [0.25, 0.3) is 0 Å². The van der Waals surface area contributed by atoms with E-state index in [1.807, 2.05) is 37.3 Å². The Morgan fingerprint density at radius 2 is 1.95 bits per heavy atom. The smallest absolute Gasteiger partial charge is 0.141 e. The SMILES string of the molecule is Cc1cc(C(O)c2cncc(F)c2)c2ccccc2n1. The van der Waals surface area contributed by atoms with Crippen molar-refractivity contribution in [1.82, 2.24) is 9.97 Å². The molecule has 0 aliphatic rings. The number of fused-ring (bicyclic) bond motifs is 1. The summed E-state index contributed by atoms with van der Waals surface area (Å²) in [6.45, 7) is 1.87. The molecule has 2 heterocycles. The predicted octanol–water partition coefficient (Wildman–Crippen LogP) is 3.16. The Bertz CT molecular complexity index is 773. The van der Waals surface area contributed by atoms with Gasteiger partial charge in [-0.1, -0.05) is 18.2 Å². The number of aliphatic hydroxyl groups excluding tert-OH is 1. The first-order valence-corrected chi connectivity index (χ1v) is 6.30. The van der Waals surface area contributed by atoms with Crippen molar-refractivity contribution in [2.24, 2.45) is 0 Å². The zero-order valence-electron chi connectivity index (χ0n) is 10.9. The lowest BCUT2D eigenvalue weighted by Crippen LogP contribution is -2.03. The molecular weight excluding hydrogens is 255 g/mol. The Morgan fingerprint density at radius 1 is 1.15 bits per heavy atom. The molecule has 0 saturated carbocycles. The topological polar surface area (TPSA) is 46.0 Å². The fourth-order valence-corrected chi connectivity index (χ4v) is 2.32. The molecule has 1 atom stereocenters. The molecule has 0 radical (unpaired) electrons. The maximum atomic E-state index is 13.3. The van der Waals surface area contributed by atoms with Gasteiger partial charge in [0, 0.05) is 22.8 Å². The van der Waals surface area contributed by atoms with E-state index in [4.69, 9.17) is 0 Å². The fraction of sp³-hybridized carbons (Fsp3) is 0.125. The number of hydrogen-bond acceptors (Lipinski definition) is 3. The molecule has 2 aromatic heterocycles. The van der Waals surface area contributed by atoms with E-state index in [9.17, 15) is 9.50 Å². The van der Waals surface area contributed by atoms with Gasteiger partial charge in [-0.2, -0.15) is 0 Å². The molecule has 100 valence electrons. The summed E-state index contributed by atoms with van der Waals surface area (Å²) in [5.41, 5.74) is 2.76. The normalized spacial score (nSPS) is 12.6. The third-order valence-electron chi connectivity index (χ3n) is 3.21. The highest BCUT2D eigenvalue weighted by Crippen LogP contribution is 2.28. The zero-order chi connectivity index (χ0) is 14.1. The van der Waals surface area contributed by atoms with Gasteiger partial charge in [-0.05, 0) is 30.7 Å². The van der Waals surface area contributed by atoms with E-state index in [2.05, 4.69) is 9.97 Å². The molecule has 3 rings (SSSR count). The number of aryl methyl sites for hydroxylation is 1. The number of benzene rings is 1. The average molecular weight is 268 g/mol. The van der Waals surface area contributed by atoms with Crippen molar-refractivity contribution in [2.75, 3.05) is 0 Å². The minimum Gasteiger partial charge on any atom is -0.384 e. The van der Waals surface area contributed by atoms with Crippen molar-refractivity contribution < 1.29 is 9.50 Å². The van der Waals surface area contributed by atoms with Gasteiger partial charge in [-0.25, -0.2) is 4.39 Å². The fourth-order valence-electron chi connectivity index (χ4n) is 2.32. The molecule has 1 aromatic carbocycles. The standard InChI is InChI=1S/C16H13FN2O/c1-10-6-14(13-4-2-3-5-15(13)19-10)16(20)11-7-12(17)9-18-8-11/h2-9,16,20H,1H3. The van der Waals surface area contributed by atoms with Gasteiger partial charge in [-0.15, -0.1) is 0 Å². The second-order valence-electron chi connectivity index (χ2n) is 4.71. The summed E-state index contributed by atoms with van der Waals surface area (Å²) < 4.78 is 13.3. The maximum absolute atomic E-state index is 13.3. The number of aliphatic hydroxyl groups is 1. The Morgan fingerprint density at radius 3 is 2.75 bits per heavy atom. The van der Waals surface area contributed by atoms with Crippen LogP contribution in [0.5, 0.6) is 0 Å². The van der Waals surface area contributed by atoms with Gasteiger partial charge >= 0.3 is 0 Å². The van der Waals surface area contributed by atoms with E-state index < -0.39 is 11.9 Å². The van der Waals surface area contributed by atoms with E-state index in [-0.39, 0.29) is 0 Å². The van der Waals surface area contributed by atoms with E-state index in [1.54, 1.807) is 0 Å². The zero-order valence-corrected chi connectivity index (χ0v) is 10.9. The van der Waals surface area contributed by atoms with Crippen molar-refractivity contribution in [3.63, 3.8) is 0 Å². The Labute approximate surface area is 115 Å². The molecule has 0 aliphatic carbocycles. The molecular formula is C16H13FN2O. The molecule has 20 heavy (non-hydrogen) atoms. The summed E-state index contributed by atoms with van der Waals surface area (Å²) in [7, 11) is 0. The van der Waals surface area contributed by atoms with Crippen LogP contribution in [-0.2, 0) is 0 Å². The van der Waals surface area contributed by atoms with Gasteiger partial charge < -0.3 is 5.11 Å². The maximum Gasteiger partial charge on any atom is 0.141 e. The number of halogens is 1. The lowest BCUT2D eigenvalue weighted by atomic mass is 9.98. The molecule has 0 aliphatic heterocycles. The minimum absolute atomic E-state index is 0.431. The van der Waals surface area contributed by atoms with Crippen LogP contribution >= 0.6 is 0 Å².